The second-order valence-corrected chi connectivity index (χ2v) is 7.86. The molecule has 0 atom stereocenters. The summed E-state index contributed by atoms with van der Waals surface area (Å²) in [7, 11) is 0. The summed E-state index contributed by atoms with van der Waals surface area (Å²) in [5.41, 5.74) is 1.37. The molecule has 1 N–H and O–H groups in total. The molecular formula is C22H22F3NO3. The first-order valence-corrected chi connectivity index (χ1v) is 9.66. The Bertz CT molecular complexity index is 885. The lowest BCUT2D eigenvalue weighted by atomic mass is 9.99. The van der Waals surface area contributed by atoms with Gasteiger partial charge in [0.15, 0.2) is 0 Å². The maximum Gasteiger partial charge on any atom is 0.416 e. The molecule has 1 saturated carbocycles. The van der Waals surface area contributed by atoms with E-state index in [9.17, 15) is 18.0 Å². The van der Waals surface area contributed by atoms with Crippen molar-refractivity contribution < 1.29 is 27.8 Å². The van der Waals surface area contributed by atoms with E-state index in [2.05, 4.69) is 4.90 Å². The summed E-state index contributed by atoms with van der Waals surface area (Å²) in [5.74, 6) is -0.429. The summed E-state index contributed by atoms with van der Waals surface area (Å²) in [4.78, 5) is 12.9. The van der Waals surface area contributed by atoms with Gasteiger partial charge in [-0.25, -0.2) is 0 Å². The van der Waals surface area contributed by atoms with Gasteiger partial charge < -0.3 is 9.84 Å². The van der Waals surface area contributed by atoms with Crippen molar-refractivity contribution in [1.29, 1.82) is 0 Å². The first-order valence-electron chi connectivity index (χ1n) is 9.66. The second-order valence-electron chi connectivity index (χ2n) is 7.86. The highest BCUT2D eigenvalue weighted by Crippen LogP contribution is 2.46. The van der Waals surface area contributed by atoms with Gasteiger partial charge in [0.1, 0.15) is 12.4 Å². The van der Waals surface area contributed by atoms with Crippen molar-refractivity contribution in [3.8, 4) is 5.75 Å². The number of carboxylic acid groups (broad SMARTS) is 1. The molecule has 154 valence electrons. The molecule has 4 rings (SSSR count). The zero-order valence-electron chi connectivity index (χ0n) is 15.8. The van der Waals surface area contributed by atoms with Gasteiger partial charge in [0, 0.05) is 19.6 Å². The summed E-state index contributed by atoms with van der Waals surface area (Å²) in [6, 6.07) is 11.8. The summed E-state index contributed by atoms with van der Waals surface area (Å²) >= 11 is 0. The van der Waals surface area contributed by atoms with Crippen molar-refractivity contribution in [2.45, 2.75) is 38.1 Å². The van der Waals surface area contributed by atoms with E-state index in [-0.39, 0.29) is 18.4 Å². The number of likely N-dealkylation sites (tertiary alicyclic amines) is 1. The van der Waals surface area contributed by atoms with Gasteiger partial charge in [-0.05, 0) is 53.6 Å². The van der Waals surface area contributed by atoms with Gasteiger partial charge in [-0.15, -0.1) is 0 Å². The first-order chi connectivity index (χ1) is 13.8. The monoisotopic (exact) mass is 405 g/mol. The maximum absolute atomic E-state index is 13.4. The Hall–Kier alpha value is -2.54. The molecular weight excluding hydrogens is 383 g/mol. The molecule has 2 aromatic carbocycles. The maximum atomic E-state index is 13.4. The van der Waals surface area contributed by atoms with Crippen molar-refractivity contribution in [3.05, 3.63) is 64.7 Å². The van der Waals surface area contributed by atoms with Crippen molar-refractivity contribution >= 4 is 5.97 Å². The topological polar surface area (TPSA) is 49.8 Å². The third kappa shape index (κ3) is 4.72. The molecule has 1 saturated heterocycles. The third-order valence-corrected chi connectivity index (χ3v) is 5.48. The van der Waals surface area contributed by atoms with E-state index in [0.29, 0.717) is 36.5 Å². The molecule has 0 amide bonds. The van der Waals surface area contributed by atoms with E-state index in [1.807, 2.05) is 12.1 Å². The largest absolute Gasteiger partial charge is 0.489 e. The highest BCUT2D eigenvalue weighted by molar-refractivity contribution is 5.71. The molecule has 2 fully saturated rings. The average Bonchev–Trinajstić information content (AvgIpc) is 3.47. The Labute approximate surface area is 166 Å². The van der Waals surface area contributed by atoms with E-state index in [1.54, 1.807) is 24.3 Å². The Balaban J connectivity index is 1.34. The van der Waals surface area contributed by atoms with Crippen LogP contribution >= 0.6 is 0 Å². The SMILES string of the molecule is O=C(O)C1CN(Cc2ccc(OCc3ccc(C4CC4)c(C(F)(F)F)c3)cc2)C1. The molecule has 0 radical (unpaired) electrons. The summed E-state index contributed by atoms with van der Waals surface area (Å²) < 4.78 is 45.7. The van der Waals surface area contributed by atoms with E-state index < -0.39 is 17.7 Å². The van der Waals surface area contributed by atoms with Crippen LogP contribution in [-0.2, 0) is 24.1 Å². The molecule has 0 bridgehead atoms. The van der Waals surface area contributed by atoms with E-state index in [4.69, 9.17) is 9.84 Å². The lowest BCUT2D eigenvalue weighted by molar-refractivity contribution is -0.147. The van der Waals surface area contributed by atoms with Crippen LogP contribution in [0.15, 0.2) is 42.5 Å². The normalized spacial score (nSPS) is 17.8. The highest BCUT2D eigenvalue weighted by Gasteiger charge is 2.38. The second kappa shape index (κ2) is 7.71. The van der Waals surface area contributed by atoms with Crippen LogP contribution < -0.4 is 4.74 Å². The molecule has 29 heavy (non-hydrogen) atoms. The van der Waals surface area contributed by atoms with Crippen molar-refractivity contribution in [2.75, 3.05) is 13.1 Å². The summed E-state index contributed by atoms with van der Waals surface area (Å²) in [5, 5.41) is 8.91. The number of benzene rings is 2. The van der Waals surface area contributed by atoms with Crippen LogP contribution in [0.3, 0.4) is 0 Å². The van der Waals surface area contributed by atoms with Crippen molar-refractivity contribution in [3.63, 3.8) is 0 Å². The Morgan fingerprint density at radius 3 is 2.31 bits per heavy atom. The Kier molecular flexibility index (Phi) is 5.25. The van der Waals surface area contributed by atoms with Gasteiger partial charge >= 0.3 is 12.1 Å². The third-order valence-electron chi connectivity index (χ3n) is 5.48. The molecule has 1 aliphatic carbocycles. The van der Waals surface area contributed by atoms with Gasteiger partial charge in [-0.2, -0.15) is 13.2 Å². The van der Waals surface area contributed by atoms with Crippen LogP contribution in [0.25, 0.3) is 0 Å². The number of nitrogens with zero attached hydrogens (tertiary/aromatic N) is 1. The molecule has 2 aromatic rings. The Morgan fingerprint density at radius 1 is 1.07 bits per heavy atom. The molecule has 0 aromatic heterocycles. The van der Waals surface area contributed by atoms with Gasteiger partial charge in [-0.3, -0.25) is 9.69 Å². The van der Waals surface area contributed by atoms with Crippen LogP contribution in [0.4, 0.5) is 13.2 Å². The standard InChI is InChI=1S/C22H22F3NO3/c23-22(24,25)20-9-15(3-8-19(20)16-4-5-16)13-29-18-6-1-14(2-7-18)10-26-11-17(12-26)21(27)28/h1-3,6-9,16-17H,4-5,10-13H2,(H,27,28). The minimum absolute atomic E-state index is 0.0336. The molecule has 1 aliphatic heterocycles. The van der Waals surface area contributed by atoms with Gasteiger partial charge in [0.05, 0.1) is 11.5 Å². The predicted octanol–water partition coefficient (Wildman–Crippen LogP) is 4.68. The number of hydrogen-bond donors (Lipinski definition) is 1. The lowest BCUT2D eigenvalue weighted by Gasteiger charge is -2.36. The molecule has 2 aliphatic rings. The number of carbonyl (C=O) groups is 1. The van der Waals surface area contributed by atoms with Crippen LogP contribution in [0, 0.1) is 5.92 Å². The lowest BCUT2D eigenvalue weighted by Crippen LogP contribution is -2.49. The van der Waals surface area contributed by atoms with Crippen LogP contribution in [0.2, 0.25) is 0 Å². The van der Waals surface area contributed by atoms with Crippen molar-refractivity contribution in [2.24, 2.45) is 5.92 Å². The van der Waals surface area contributed by atoms with Crippen LogP contribution in [0.5, 0.6) is 5.75 Å². The molecule has 0 unspecified atom stereocenters. The van der Waals surface area contributed by atoms with E-state index in [1.165, 1.54) is 6.07 Å². The summed E-state index contributed by atoms with van der Waals surface area (Å²) in [6.07, 6.45) is -2.72. The molecule has 0 spiro atoms. The number of halogens is 3. The minimum atomic E-state index is -4.36. The number of aliphatic carboxylic acids is 1. The van der Waals surface area contributed by atoms with Crippen LogP contribution in [-0.4, -0.2) is 29.1 Å². The smallest absolute Gasteiger partial charge is 0.416 e. The van der Waals surface area contributed by atoms with E-state index in [0.717, 1.165) is 18.4 Å². The number of carboxylic acids is 1. The highest BCUT2D eigenvalue weighted by atomic mass is 19.4. The number of hydrogen-bond acceptors (Lipinski definition) is 3. The van der Waals surface area contributed by atoms with E-state index >= 15 is 0 Å². The Morgan fingerprint density at radius 2 is 1.72 bits per heavy atom. The fourth-order valence-electron chi connectivity index (χ4n) is 3.66. The number of alkyl halides is 3. The zero-order valence-corrected chi connectivity index (χ0v) is 15.8. The zero-order chi connectivity index (χ0) is 20.6. The summed E-state index contributed by atoms with van der Waals surface area (Å²) in [6.45, 7) is 1.83. The fraction of sp³-hybridized carbons (Fsp3) is 0.409. The molecule has 1 heterocycles. The van der Waals surface area contributed by atoms with Gasteiger partial charge in [0.2, 0.25) is 0 Å². The predicted molar refractivity (Wildman–Crippen MR) is 101 cm³/mol. The fourth-order valence-corrected chi connectivity index (χ4v) is 3.66. The quantitative estimate of drug-likeness (QED) is 0.727. The van der Waals surface area contributed by atoms with Gasteiger partial charge in [-0.1, -0.05) is 24.3 Å². The molecule has 4 nitrogen and oxygen atoms in total. The number of rotatable bonds is 7. The minimum Gasteiger partial charge on any atom is -0.489 e. The number of ether oxygens (including phenoxy) is 1. The average molecular weight is 405 g/mol. The van der Waals surface area contributed by atoms with Gasteiger partial charge in [0.25, 0.3) is 0 Å². The van der Waals surface area contributed by atoms with Crippen LogP contribution in [0.1, 0.15) is 41.0 Å². The molecule has 7 heteroatoms. The van der Waals surface area contributed by atoms with Crippen molar-refractivity contribution in [1.82, 2.24) is 4.90 Å². The first kappa shape index (κ1) is 19.8.